The van der Waals surface area contributed by atoms with E-state index in [0.717, 1.165) is 18.4 Å². The minimum absolute atomic E-state index is 0. The second-order valence-electron chi connectivity index (χ2n) is 6.46. The molecule has 7 nitrogen and oxygen atoms in total. The van der Waals surface area contributed by atoms with Gasteiger partial charge in [0.2, 0.25) is 0 Å². The van der Waals surface area contributed by atoms with Crippen LogP contribution >= 0.6 is 12.4 Å². The Balaban J connectivity index is 0.00000261. The Morgan fingerprint density at radius 1 is 1.19 bits per heavy atom. The zero-order chi connectivity index (χ0) is 18.5. The lowest BCUT2D eigenvalue weighted by Crippen LogP contribution is -2.42. The molecule has 0 aliphatic carbocycles. The number of piperidine rings is 1. The molecule has 0 aromatic heterocycles. The standard InChI is InChI=1S/C19H22N4O3.ClH/c20-16-8-10-22(11-9-16)19(24)15-6-7-17(18(12-15)23(25)26)21-13-14-4-2-1-3-5-14;/h1-7,12,16,21H,8-11,13,20H2;1H. The second kappa shape index (κ2) is 9.34. The third kappa shape index (κ3) is 5.18. The van der Waals surface area contributed by atoms with Crippen molar-refractivity contribution in [1.82, 2.24) is 4.90 Å². The number of nitrogens with one attached hydrogen (secondary N) is 1. The van der Waals surface area contributed by atoms with Gasteiger partial charge in [-0.05, 0) is 30.5 Å². The first-order chi connectivity index (χ1) is 12.5. The van der Waals surface area contributed by atoms with Gasteiger partial charge in [-0.2, -0.15) is 0 Å². The quantitative estimate of drug-likeness (QED) is 0.603. The molecule has 0 atom stereocenters. The summed E-state index contributed by atoms with van der Waals surface area (Å²) >= 11 is 0. The molecule has 2 aromatic rings. The van der Waals surface area contributed by atoms with Crippen molar-refractivity contribution < 1.29 is 9.72 Å². The summed E-state index contributed by atoms with van der Waals surface area (Å²) in [6.07, 6.45) is 1.51. The number of halogens is 1. The molecule has 1 saturated heterocycles. The van der Waals surface area contributed by atoms with Crippen LogP contribution in [0.2, 0.25) is 0 Å². The lowest BCUT2D eigenvalue weighted by Gasteiger charge is -2.30. The fourth-order valence-electron chi connectivity index (χ4n) is 3.04. The SMILES string of the molecule is Cl.NC1CCN(C(=O)c2ccc(NCc3ccccc3)c([N+](=O)[O-])c2)CC1. The summed E-state index contributed by atoms with van der Waals surface area (Å²) < 4.78 is 0. The van der Waals surface area contributed by atoms with E-state index in [1.807, 2.05) is 30.3 Å². The minimum atomic E-state index is -0.462. The summed E-state index contributed by atoms with van der Waals surface area (Å²) in [6, 6.07) is 14.3. The van der Waals surface area contributed by atoms with Gasteiger partial charge < -0.3 is 16.0 Å². The molecule has 1 fully saturated rings. The summed E-state index contributed by atoms with van der Waals surface area (Å²) in [5, 5.41) is 14.5. The van der Waals surface area contributed by atoms with Crippen molar-refractivity contribution in [1.29, 1.82) is 0 Å². The minimum Gasteiger partial charge on any atom is -0.375 e. The van der Waals surface area contributed by atoms with Gasteiger partial charge >= 0.3 is 0 Å². The monoisotopic (exact) mass is 390 g/mol. The zero-order valence-electron chi connectivity index (χ0n) is 14.8. The number of nitrogens with zero attached hydrogens (tertiary/aromatic N) is 2. The largest absolute Gasteiger partial charge is 0.375 e. The van der Waals surface area contributed by atoms with Gasteiger partial charge in [-0.15, -0.1) is 12.4 Å². The third-order valence-electron chi connectivity index (χ3n) is 4.59. The molecule has 2 aromatic carbocycles. The van der Waals surface area contributed by atoms with Crippen molar-refractivity contribution in [2.75, 3.05) is 18.4 Å². The van der Waals surface area contributed by atoms with Crippen molar-refractivity contribution in [3.05, 3.63) is 69.8 Å². The van der Waals surface area contributed by atoms with E-state index in [0.29, 0.717) is 30.9 Å². The molecule has 0 saturated carbocycles. The van der Waals surface area contributed by atoms with Crippen LogP contribution in [-0.4, -0.2) is 34.9 Å². The molecule has 27 heavy (non-hydrogen) atoms. The highest BCUT2D eigenvalue weighted by atomic mass is 35.5. The van der Waals surface area contributed by atoms with Crippen LogP contribution < -0.4 is 11.1 Å². The van der Waals surface area contributed by atoms with Crippen LogP contribution in [0.4, 0.5) is 11.4 Å². The van der Waals surface area contributed by atoms with Crippen LogP contribution in [-0.2, 0) is 6.54 Å². The number of carbonyl (C=O) groups excluding carboxylic acids is 1. The van der Waals surface area contributed by atoms with E-state index in [4.69, 9.17) is 5.73 Å². The number of amides is 1. The molecule has 0 spiro atoms. The number of anilines is 1. The molecule has 1 heterocycles. The van der Waals surface area contributed by atoms with E-state index in [2.05, 4.69) is 5.32 Å². The van der Waals surface area contributed by atoms with Gasteiger partial charge in [0.25, 0.3) is 11.6 Å². The molecule has 3 N–H and O–H groups in total. The Bertz CT molecular complexity index is 793. The van der Waals surface area contributed by atoms with Crippen molar-refractivity contribution in [2.24, 2.45) is 5.73 Å². The summed E-state index contributed by atoms with van der Waals surface area (Å²) in [5.41, 5.74) is 7.52. The predicted molar refractivity (Wildman–Crippen MR) is 107 cm³/mol. The number of nitro groups is 1. The molecule has 1 aliphatic rings. The van der Waals surface area contributed by atoms with Gasteiger partial charge in [-0.1, -0.05) is 30.3 Å². The van der Waals surface area contributed by atoms with E-state index in [-0.39, 0.29) is 30.0 Å². The molecule has 1 aliphatic heterocycles. The van der Waals surface area contributed by atoms with E-state index in [1.54, 1.807) is 17.0 Å². The fourth-order valence-corrected chi connectivity index (χ4v) is 3.04. The Hall–Kier alpha value is -2.64. The maximum Gasteiger partial charge on any atom is 0.293 e. The summed E-state index contributed by atoms with van der Waals surface area (Å²) in [7, 11) is 0. The molecule has 8 heteroatoms. The topological polar surface area (TPSA) is 102 Å². The zero-order valence-corrected chi connectivity index (χ0v) is 15.7. The Labute approximate surface area is 164 Å². The molecular formula is C19H23ClN4O3. The maximum atomic E-state index is 12.6. The molecule has 0 radical (unpaired) electrons. The number of carbonyl (C=O) groups is 1. The van der Waals surface area contributed by atoms with Gasteiger partial charge in [-0.25, -0.2) is 0 Å². The number of rotatable bonds is 5. The van der Waals surface area contributed by atoms with E-state index < -0.39 is 4.92 Å². The van der Waals surface area contributed by atoms with Crippen LogP contribution in [0, 0.1) is 10.1 Å². The average molecular weight is 391 g/mol. The maximum absolute atomic E-state index is 12.6. The first-order valence-electron chi connectivity index (χ1n) is 8.65. The highest BCUT2D eigenvalue weighted by Gasteiger charge is 2.24. The third-order valence-corrected chi connectivity index (χ3v) is 4.59. The summed E-state index contributed by atoms with van der Waals surface area (Å²) in [6.45, 7) is 1.64. The molecule has 0 bridgehead atoms. The highest BCUT2D eigenvalue weighted by molar-refractivity contribution is 5.95. The molecular weight excluding hydrogens is 368 g/mol. The van der Waals surface area contributed by atoms with Crippen molar-refractivity contribution in [3.8, 4) is 0 Å². The van der Waals surface area contributed by atoms with Crippen molar-refractivity contribution >= 4 is 29.7 Å². The number of likely N-dealkylation sites (tertiary alicyclic amines) is 1. The molecule has 3 rings (SSSR count). The normalized spacial score (nSPS) is 14.3. The van der Waals surface area contributed by atoms with Crippen molar-refractivity contribution in [2.45, 2.75) is 25.4 Å². The lowest BCUT2D eigenvalue weighted by atomic mass is 10.0. The summed E-state index contributed by atoms with van der Waals surface area (Å²) in [4.78, 5) is 25.3. The molecule has 0 unspecified atom stereocenters. The number of benzene rings is 2. The molecule has 144 valence electrons. The smallest absolute Gasteiger partial charge is 0.293 e. The first-order valence-corrected chi connectivity index (χ1v) is 8.65. The predicted octanol–water partition coefficient (Wildman–Crippen LogP) is 3.19. The van der Waals surface area contributed by atoms with Gasteiger partial charge in [-0.3, -0.25) is 14.9 Å². The van der Waals surface area contributed by atoms with Crippen LogP contribution in [0.15, 0.2) is 48.5 Å². The lowest BCUT2D eigenvalue weighted by molar-refractivity contribution is -0.384. The number of nitro benzene ring substituents is 1. The van der Waals surface area contributed by atoms with Gasteiger partial charge in [0, 0.05) is 37.3 Å². The van der Waals surface area contributed by atoms with E-state index >= 15 is 0 Å². The van der Waals surface area contributed by atoms with Gasteiger partial charge in [0.05, 0.1) is 4.92 Å². The average Bonchev–Trinajstić information content (AvgIpc) is 2.67. The van der Waals surface area contributed by atoms with E-state index in [9.17, 15) is 14.9 Å². The Morgan fingerprint density at radius 2 is 1.85 bits per heavy atom. The Kier molecular flexibility index (Phi) is 7.15. The fraction of sp³-hybridized carbons (Fsp3) is 0.316. The van der Waals surface area contributed by atoms with E-state index in [1.165, 1.54) is 6.07 Å². The number of hydrogen-bond donors (Lipinski definition) is 2. The van der Waals surface area contributed by atoms with Gasteiger partial charge in [0.1, 0.15) is 5.69 Å². The number of hydrogen-bond acceptors (Lipinski definition) is 5. The molecule has 1 amide bonds. The Morgan fingerprint density at radius 3 is 2.48 bits per heavy atom. The second-order valence-corrected chi connectivity index (χ2v) is 6.46. The van der Waals surface area contributed by atoms with Crippen LogP contribution in [0.3, 0.4) is 0 Å². The van der Waals surface area contributed by atoms with Crippen molar-refractivity contribution in [3.63, 3.8) is 0 Å². The van der Waals surface area contributed by atoms with Crippen LogP contribution in [0.25, 0.3) is 0 Å². The van der Waals surface area contributed by atoms with Crippen LogP contribution in [0.1, 0.15) is 28.8 Å². The first kappa shape index (κ1) is 20.7. The van der Waals surface area contributed by atoms with Crippen LogP contribution in [0.5, 0.6) is 0 Å². The van der Waals surface area contributed by atoms with Gasteiger partial charge in [0.15, 0.2) is 0 Å². The number of nitrogens with two attached hydrogens (primary N) is 1. The summed E-state index contributed by atoms with van der Waals surface area (Å²) in [5.74, 6) is -0.186. The highest BCUT2D eigenvalue weighted by Crippen LogP contribution is 2.27.